The fourth-order valence-electron chi connectivity index (χ4n) is 2.00. The molecule has 23 heavy (non-hydrogen) atoms. The molecule has 0 saturated carbocycles. The Bertz CT molecular complexity index is 541. The summed E-state index contributed by atoms with van der Waals surface area (Å²) in [5.41, 5.74) is 2.18. The standard InChI is InChI=1S/C17H28N4O2/c1-6-18-17(19-10-9-16(22)21(3)4)20-12-14-8-7-13(2)11-15(14)23-5/h7-8,11H,6,9-10,12H2,1-5H3,(H2,18,19,20). The quantitative estimate of drug-likeness (QED) is 0.591. The summed E-state index contributed by atoms with van der Waals surface area (Å²) in [6.45, 7) is 5.87. The van der Waals surface area contributed by atoms with Gasteiger partial charge in [0.05, 0.1) is 13.7 Å². The van der Waals surface area contributed by atoms with Crippen LogP contribution in [0.3, 0.4) is 0 Å². The van der Waals surface area contributed by atoms with Gasteiger partial charge in [0, 0.05) is 39.2 Å². The van der Waals surface area contributed by atoms with Crippen LogP contribution in [0, 0.1) is 6.92 Å². The zero-order chi connectivity index (χ0) is 17.2. The third-order valence-electron chi connectivity index (χ3n) is 3.32. The third kappa shape index (κ3) is 6.59. The van der Waals surface area contributed by atoms with Crippen molar-refractivity contribution >= 4 is 11.9 Å². The Morgan fingerprint density at radius 2 is 2.04 bits per heavy atom. The number of nitrogens with zero attached hydrogens (tertiary/aromatic N) is 2. The Kier molecular flexibility index (Phi) is 7.94. The zero-order valence-corrected chi connectivity index (χ0v) is 14.8. The van der Waals surface area contributed by atoms with Crippen LogP contribution in [0.4, 0.5) is 0 Å². The summed E-state index contributed by atoms with van der Waals surface area (Å²) in [6.07, 6.45) is 0.436. The van der Waals surface area contributed by atoms with Crippen molar-refractivity contribution in [3.05, 3.63) is 29.3 Å². The van der Waals surface area contributed by atoms with Crippen molar-refractivity contribution in [2.45, 2.75) is 26.8 Å². The second-order valence-corrected chi connectivity index (χ2v) is 5.48. The summed E-state index contributed by atoms with van der Waals surface area (Å²) < 4.78 is 5.40. The van der Waals surface area contributed by atoms with E-state index in [9.17, 15) is 4.79 Å². The van der Waals surface area contributed by atoms with Crippen LogP contribution in [-0.4, -0.2) is 51.1 Å². The van der Waals surface area contributed by atoms with Crippen LogP contribution in [0.15, 0.2) is 23.2 Å². The van der Waals surface area contributed by atoms with E-state index in [1.54, 1.807) is 26.1 Å². The summed E-state index contributed by atoms with van der Waals surface area (Å²) in [7, 11) is 5.18. The monoisotopic (exact) mass is 320 g/mol. The maximum atomic E-state index is 11.6. The fourth-order valence-corrected chi connectivity index (χ4v) is 2.00. The number of hydrogen-bond acceptors (Lipinski definition) is 3. The van der Waals surface area contributed by atoms with Crippen LogP contribution in [-0.2, 0) is 11.3 Å². The highest BCUT2D eigenvalue weighted by Gasteiger charge is 2.06. The molecule has 1 aromatic rings. The fraction of sp³-hybridized carbons (Fsp3) is 0.529. The van der Waals surface area contributed by atoms with Crippen molar-refractivity contribution in [3.8, 4) is 5.75 Å². The van der Waals surface area contributed by atoms with Gasteiger partial charge in [-0.05, 0) is 25.5 Å². The molecule has 1 rings (SSSR count). The largest absolute Gasteiger partial charge is 0.496 e. The van der Waals surface area contributed by atoms with E-state index in [1.807, 2.05) is 32.0 Å². The number of hydrogen-bond donors (Lipinski definition) is 2. The number of methoxy groups -OCH3 is 1. The van der Waals surface area contributed by atoms with E-state index < -0.39 is 0 Å². The van der Waals surface area contributed by atoms with Gasteiger partial charge in [0.1, 0.15) is 5.75 Å². The Labute approximate surface area is 138 Å². The Hall–Kier alpha value is -2.24. The van der Waals surface area contributed by atoms with Gasteiger partial charge in [-0.1, -0.05) is 12.1 Å². The van der Waals surface area contributed by atoms with Crippen molar-refractivity contribution < 1.29 is 9.53 Å². The van der Waals surface area contributed by atoms with Crippen LogP contribution in [0.1, 0.15) is 24.5 Å². The SMILES string of the molecule is CCNC(=NCc1ccc(C)cc1OC)NCCC(=O)N(C)C. The molecule has 0 heterocycles. The van der Waals surface area contributed by atoms with E-state index in [2.05, 4.69) is 15.6 Å². The van der Waals surface area contributed by atoms with Crippen molar-refractivity contribution in [2.24, 2.45) is 4.99 Å². The van der Waals surface area contributed by atoms with Gasteiger partial charge in [-0.2, -0.15) is 0 Å². The maximum absolute atomic E-state index is 11.6. The molecule has 1 amide bonds. The predicted molar refractivity (Wildman–Crippen MR) is 93.9 cm³/mol. The number of rotatable bonds is 7. The third-order valence-corrected chi connectivity index (χ3v) is 3.32. The highest BCUT2D eigenvalue weighted by Crippen LogP contribution is 2.20. The van der Waals surface area contributed by atoms with E-state index in [0.717, 1.165) is 23.4 Å². The lowest BCUT2D eigenvalue weighted by Crippen LogP contribution is -2.39. The van der Waals surface area contributed by atoms with E-state index in [4.69, 9.17) is 4.74 Å². The molecular weight excluding hydrogens is 292 g/mol. The van der Waals surface area contributed by atoms with E-state index in [-0.39, 0.29) is 5.91 Å². The molecule has 0 fully saturated rings. The topological polar surface area (TPSA) is 66.0 Å². The maximum Gasteiger partial charge on any atom is 0.223 e. The van der Waals surface area contributed by atoms with E-state index in [1.165, 1.54) is 0 Å². The highest BCUT2D eigenvalue weighted by atomic mass is 16.5. The van der Waals surface area contributed by atoms with Gasteiger partial charge in [0.2, 0.25) is 5.91 Å². The second-order valence-electron chi connectivity index (χ2n) is 5.48. The van der Waals surface area contributed by atoms with Crippen molar-refractivity contribution in [3.63, 3.8) is 0 Å². The molecule has 0 radical (unpaired) electrons. The van der Waals surface area contributed by atoms with Gasteiger partial charge < -0.3 is 20.3 Å². The van der Waals surface area contributed by atoms with Crippen molar-refractivity contribution in [1.29, 1.82) is 0 Å². The number of benzene rings is 1. The normalized spacial score (nSPS) is 11.1. The summed E-state index contributed by atoms with van der Waals surface area (Å²) in [5, 5.41) is 6.35. The Morgan fingerprint density at radius 3 is 2.65 bits per heavy atom. The number of ether oxygens (including phenoxy) is 1. The molecule has 0 aliphatic rings. The smallest absolute Gasteiger partial charge is 0.223 e. The zero-order valence-electron chi connectivity index (χ0n) is 14.8. The number of carbonyl (C=O) groups is 1. The average Bonchev–Trinajstić information content (AvgIpc) is 2.52. The molecule has 0 bridgehead atoms. The molecule has 0 aliphatic heterocycles. The minimum absolute atomic E-state index is 0.0913. The average molecular weight is 320 g/mol. The van der Waals surface area contributed by atoms with Crippen molar-refractivity contribution in [2.75, 3.05) is 34.3 Å². The number of nitrogens with one attached hydrogen (secondary N) is 2. The van der Waals surface area contributed by atoms with Crippen LogP contribution in [0.25, 0.3) is 0 Å². The molecule has 2 N–H and O–H groups in total. The molecule has 6 nitrogen and oxygen atoms in total. The second kappa shape index (κ2) is 9.71. The minimum atomic E-state index is 0.0913. The van der Waals surface area contributed by atoms with Gasteiger partial charge in [-0.15, -0.1) is 0 Å². The summed E-state index contributed by atoms with van der Waals surface area (Å²) >= 11 is 0. The number of aryl methyl sites for hydroxylation is 1. The first-order valence-electron chi connectivity index (χ1n) is 7.83. The number of guanidine groups is 1. The molecule has 0 unspecified atom stereocenters. The summed E-state index contributed by atoms with van der Waals surface area (Å²) in [4.78, 5) is 17.7. The van der Waals surface area contributed by atoms with Gasteiger partial charge in [-0.25, -0.2) is 4.99 Å². The first-order chi connectivity index (χ1) is 11.0. The molecule has 0 atom stereocenters. The number of carbonyl (C=O) groups excluding carboxylic acids is 1. The molecule has 0 saturated heterocycles. The summed E-state index contributed by atoms with van der Waals surface area (Å²) in [6, 6.07) is 6.07. The van der Waals surface area contributed by atoms with Crippen LogP contribution in [0.2, 0.25) is 0 Å². The van der Waals surface area contributed by atoms with Gasteiger partial charge in [0.25, 0.3) is 0 Å². The van der Waals surface area contributed by atoms with Gasteiger partial charge >= 0.3 is 0 Å². The lowest BCUT2D eigenvalue weighted by molar-refractivity contribution is -0.128. The summed E-state index contributed by atoms with van der Waals surface area (Å²) in [5.74, 6) is 1.63. The van der Waals surface area contributed by atoms with Gasteiger partial charge in [0.15, 0.2) is 5.96 Å². The molecule has 128 valence electrons. The van der Waals surface area contributed by atoms with Crippen LogP contribution < -0.4 is 15.4 Å². The molecular formula is C17H28N4O2. The van der Waals surface area contributed by atoms with Crippen LogP contribution >= 0.6 is 0 Å². The Balaban J connectivity index is 2.66. The van der Waals surface area contributed by atoms with Crippen molar-refractivity contribution in [1.82, 2.24) is 15.5 Å². The molecule has 0 aliphatic carbocycles. The number of aliphatic imine (C=N–C) groups is 1. The Morgan fingerprint density at radius 1 is 1.30 bits per heavy atom. The minimum Gasteiger partial charge on any atom is -0.496 e. The lowest BCUT2D eigenvalue weighted by atomic mass is 10.1. The molecule has 6 heteroatoms. The molecule has 0 spiro atoms. The van der Waals surface area contributed by atoms with Crippen LogP contribution in [0.5, 0.6) is 5.75 Å². The highest BCUT2D eigenvalue weighted by molar-refractivity contribution is 5.81. The van der Waals surface area contributed by atoms with E-state index >= 15 is 0 Å². The lowest BCUT2D eigenvalue weighted by Gasteiger charge is -2.14. The molecule has 1 aromatic carbocycles. The predicted octanol–water partition coefficient (Wildman–Crippen LogP) is 1.54. The van der Waals surface area contributed by atoms with E-state index in [0.29, 0.717) is 25.5 Å². The first kappa shape index (κ1) is 18.8. The van der Waals surface area contributed by atoms with Gasteiger partial charge in [-0.3, -0.25) is 4.79 Å². The molecule has 0 aromatic heterocycles. The first-order valence-corrected chi connectivity index (χ1v) is 7.83. The number of amides is 1.